The summed E-state index contributed by atoms with van der Waals surface area (Å²) in [6.07, 6.45) is 2.56. The van der Waals surface area contributed by atoms with E-state index in [0.717, 1.165) is 19.5 Å². The number of amides is 2. The van der Waals surface area contributed by atoms with Gasteiger partial charge in [-0.1, -0.05) is 19.1 Å². The first-order chi connectivity index (χ1) is 9.95. The second-order valence-electron chi connectivity index (χ2n) is 5.70. The number of hydrogen-bond acceptors (Lipinski definition) is 4. The van der Waals surface area contributed by atoms with Crippen LogP contribution in [0.4, 0.5) is 4.79 Å². The summed E-state index contributed by atoms with van der Waals surface area (Å²) in [4.78, 5) is 24.4. The molecule has 1 aromatic rings. The Kier molecular flexibility index (Phi) is 4.77. The third-order valence-corrected chi connectivity index (χ3v) is 3.76. The predicted octanol–water partition coefficient (Wildman–Crippen LogP) is 0.550. The number of urea groups is 1. The molecule has 116 valence electrons. The number of aromatic nitrogens is 3. The fourth-order valence-corrected chi connectivity index (χ4v) is 2.43. The Balaban J connectivity index is 1.79. The predicted molar refractivity (Wildman–Crippen MR) is 74.4 cm³/mol. The summed E-state index contributed by atoms with van der Waals surface area (Å²) in [5.74, 6) is 0.165. The number of hydrogen-bond donors (Lipinski definition) is 2. The largest absolute Gasteiger partial charge is 0.480 e. The molecule has 2 heterocycles. The minimum atomic E-state index is -0.979. The van der Waals surface area contributed by atoms with E-state index in [9.17, 15) is 9.59 Å². The lowest BCUT2D eigenvalue weighted by Gasteiger charge is -2.18. The van der Waals surface area contributed by atoms with Gasteiger partial charge in [-0.25, -0.2) is 9.48 Å². The summed E-state index contributed by atoms with van der Waals surface area (Å²) in [5, 5.41) is 18.9. The number of nitrogens with one attached hydrogen (secondary N) is 1. The number of nitrogens with zero attached hydrogens (tertiary/aromatic N) is 4. The van der Waals surface area contributed by atoms with Crippen LogP contribution in [-0.2, 0) is 17.9 Å². The highest BCUT2D eigenvalue weighted by atomic mass is 16.4. The number of carboxylic acids is 1. The van der Waals surface area contributed by atoms with Gasteiger partial charge >= 0.3 is 12.0 Å². The summed E-state index contributed by atoms with van der Waals surface area (Å²) < 4.78 is 1.23. The second-order valence-corrected chi connectivity index (χ2v) is 5.70. The van der Waals surface area contributed by atoms with E-state index in [1.54, 1.807) is 0 Å². The van der Waals surface area contributed by atoms with E-state index in [1.807, 2.05) is 4.90 Å². The molecule has 1 fully saturated rings. The summed E-state index contributed by atoms with van der Waals surface area (Å²) in [6.45, 7) is 5.93. The first-order valence-electron chi connectivity index (χ1n) is 7.09. The lowest BCUT2D eigenvalue weighted by atomic mass is 9.95. The van der Waals surface area contributed by atoms with Crippen LogP contribution in [0.1, 0.15) is 26.0 Å². The third-order valence-electron chi connectivity index (χ3n) is 3.76. The zero-order chi connectivity index (χ0) is 15.4. The number of rotatable bonds is 5. The monoisotopic (exact) mass is 295 g/mol. The maximum absolute atomic E-state index is 12.0. The maximum Gasteiger partial charge on any atom is 0.325 e. The first-order valence-corrected chi connectivity index (χ1v) is 7.09. The summed E-state index contributed by atoms with van der Waals surface area (Å²) in [7, 11) is 0. The molecule has 1 atom stereocenters. The van der Waals surface area contributed by atoms with Gasteiger partial charge in [0.15, 0.2) is 0 Å². The van der Waals surface area contributed by atoms with Crippen LogP contribution in [0.25, 0.3) is 0 Å². The third kappa shape index (κ3) is 4.17. The number of aliphatic carboxylic acids is 1. The van der Waals surface area contributed by atoms with Crippen molar-refractivity contribution in [3.8, 4) is 0 Å². The molecule has 2 amide bonds. The average molecular weight is 295 g/mol. The molecule has 1 saturated heterocycles. The Bertz CT molecular complexity index is 514. The number of carboxylic acid groups (broad SMARTS) is 1. The van der Waals surface area contributed by atoms with Crippen molar-refractivity contribution in [1.29, 1.82) is 0 Å². The van der Waals surface area contributed by atoms with Gasteiger partial charge in [-0.3, -0.25) is 4.79 Å². The van der Waals surface area contributed by atoms with Crippen LogP contribution in [0.5, 0.6) is 0 Å². The summed E-state index contributed by atoms with van der Waals surface area (Å²) in [5.41, 5.74) is 0.546. The van der Waals surface area contributed by atoms with Gasteiger partial charge in [0.25, 0.3) is 0 Å². The van der Waals surface area contributed by atoms with Gasteiger partial charge in [0.05, 0.1) is 12.7 Å². The number of likely N-dealkylation sites (tertiary alicyclic amines) is 1. The molecule has 1 aliphatic heterocycles. The Morgan fingerprint density at radius 3 is 2.90 bits per heavy atom. The normalized spacial score (nSPS) is 18.2. The fraction of sp³-hybridized carbons (Fsp3) is 0.692. The molecular weight excluding hydrogens is 274 g/mol. The molecule has 0 radical (unpaired) electrons. The Morgan fingerprint density at radius 1 is 1.52 bits per heavy atom. The van der Waals surface area contributed by atoms with Crippen molar-refractivity contribution >= 4 is 12.0 Å². The minimum Gasteiger partial charge on any atom is -0.480 e. The van der Waals surface area contributed by atoms with Crippen molar-refractivity contribution in [2.24, 2.45) is 11.8 Å². The molecule has 1 unspecified atom stereocenters. The van der Waals surface area contributed by atoms with Crippen LogP contribution in [0.2, 0.25) is 0 Å². The molecule has 0 aliphatic carbocycles. The topological polar surface area (TPSA) is 100 Å². The quantitative estimate of drug-likeness (QED) is 0.826. The number of carbonyl (C=O) groups is 2. The second kappa shape index (κ2) is 6.55. The Labute approximate surface area is 123 Å². The van der Waals surface area contributed by atoms with E-state index in [1.165, 1.54) is 10.9 Å². The van der Waals surface area contributed by atoms with Crippen molar-refractivity contribution in [2.45, 2.75) is 33.4 Å². The molecule has 8 nitrogen and oxygen atoms in total. The van der Waals surface area contributed by atoms with E-state index < -0.39 is 5.97 Å². The van der Waals surface area contributed by atoms with Crippen molar-refractivity contribution in [1.82, 2.24) is 25.2 Å². The van der Waals surface area contributed by atoms with E-state index in [0.29, 0.717) is 17.5 Å². The van der Waals surface area contributed by atoms with Gasteiger partial charge in [-0.2, -0.15) is 0 Å². The van der Waals surface area contributed by atoms with Gasteiger partial charge in [-0.15, -0.1) is 5.10 Å². The van der Waals surface area contributed by atoms with Crippen LogP contribution in [-0.4, -0.2) is 50.1 Å². The van der Waals surface area contributed by atoms with Gasteiger partial charge in [0.2, 0.25) is 0 Å². The van der Waals surface area contributed by atoms with Gasteiger partial charge in [0, 0.05) is 13.1 Å². The maximum atomic E-state index is 12.0. The summed E-state index contributed by atoms with van der Waals surface area (Å²) >= 11 is 0. The highest BCUT2D eigenvalue weighted by Gasteiger charge is 2.27. The molecule has 0 spiro atoms. The molecule has 1 aromatic heterocycles. The van der Waals surface area contributed by atoms with E-state index in [4.69, 9.17) is 5.11 Å². The van der Waals surface area contributed by atoms with Crippen LogP contribution in [0, 0.1) is 11.8 Å². The lowest BCUT2D eigenvalue weighted by Crippen LogP contribution is -2.38. The van der Waals surface area contributed by atoms with E-state index in [2.05, 4.69) is 29.5 Å². The standard InChI is InChI=1S/C13H21N5O3/c1-9(2)10-3-4-17(6-10)13(21)14-5-11-7-18(16-15-11)8-12(19)20/h7,9-10H,3-6,8H2,1-2H3,(H,14,21)(H,19,20). The molecule has 0 aromatic carbocycles. The zero-order valence-electron chi connectivity index (χ0n) is 12.3. The van der Waals surface area contributed by atoms with Gasteiger partial charge in [-0.05, 0) is 18.3 Å². The minimum absolute atomic E-state index is 0.106. The molecule has 8 heteroatoms. The first kappa shape index (κ1) is 15.3. The van der Waals surface area contributed by atoms with Crippen LogP contribution < -0.4 is 5.32 Å². The molecule has 2 rings (SSSR count). The van der Waals surface area contributed by atoms with Crippen molar-refractivity contribution < 1.29 is 14.7 Å². The van der Waals surface area contributed by atoms with E-state index in [-0.39, 0.29) is 19.1 Å². The zero-order valence-corrected chi connectivity index (χ0v) is 12.3. The van der Waals surface area contributed by atoms with Crippen molar-refractivity contribution in [3.63, 3.8) is 0 Å². The highest BCUT2D eigenvalue weighted by Crippen LogP contribution is 2.23. The summed E-state index contributed by atoms with van der Waals surface area (Å²) in [6, 6.07) is -0.106. The number of carbonyl (C=O) groups excluding carboxylic acids is 1. The van der Waals surface area contributed by atoms with Gasteiger partial charge < -0.3 is 15.3 Å². The van der Waals surface area contributed by atoms with E-state index >= 15 is 0 Å². The average Bonchev–Trinajstić information content (AvgIpc) is 3.04. The van der Waals surface area contributed by atoms with Gasteiger partial charge in [0.1, 0.15) is 12.2 Å². The highest BCUT2D eigenvalue weighted by molar-refractivity contribution is 5.74. The van der Waals surface area contributed by atoms with Crippen molar-refractivity contribution in [3.05, 3.63) is 11.9 Å². The fourth-order valence-electron chi connectivity index (χ4n) is 2.43. The smallest absolute Gasteiger partial charge is 0.325 e. The molecular formula is C13H21N5O3. The Hall–Kier alpha value is -2.12. The molecule has 0 bridgehead atoms. The van der Waals surface area contributed by atoms with Crippen molar-refractivity contribution in [2.75, 3.05) is 13.1 Å². The molecule has 0 saturated carbocycles. The molecule has 2 N–H and O–H groups in total. The Morgan fingerprint density at radius 2 is 2.29 bits per heavy atom. The SMILES string of the molecule is CC(C)C1CCN(C(=O)NCc2cn(CC(=O)O)nn2)C1. The van der Waals surface area contributed by atoms with Crippen LogP contribution in [0.3, 0.4) is 0 Å². The molecule has 1 aliphatic rings. The lowest BCUT2D eigenvalue weighted by molar-refractivity contribution is -0.137. The van der Waals surface area contributed by atoms with Crippen LogP contribution in [0.15, 0.2) is 6.20 Å². The molecule has 21 heavy (non-hydrogen) atoms. The van der Waals surface area contributed by atoms with Crippen LogP contribution >= 0.6 is 0 Å².